The number of piperidine rings is 1. The van der Waals surface area contributed by atoms with E-state index in [0.29, 0.717) is 5.92 Å². The van der Waals surface area contributed by atoms with Crippen LogP contribution in [-0.4, -0.2) is 29.8 Å². The quantitative estimate of drug-likeness (QED) is 0.878. The van der Waals surface area contributed by atoms with Crippen molar-refractivity contribution in [3.05, 3.63) is 11.7 Å². The van der Waals surface area contributed by atoms with Crippen LogP contribution in [0.5, 0.6) is 0 Å². The van der Waals surface area contributed by atoms with E-state index in [2.05, 4.69) is 15.5 Å². The summed E-state index contributed by atoms with van der Waals surface area (Å²) in [5.41, 5.74) is 0. The van der Waals surface area contributed by atoms with Crippen LogP contribution >= 0.6 is 12.4 Å². The minimum absolute atomic E-state index is 0. The highest BCUT2D eigenvalue weighted by Crippen LogP contribution is 2.28. The molecule has 1 aromatic heterocycles. The molecule has 2 fully saturated rings. The van der Waals surface area contributed by atoms with Crippen LogP contribution in [0.4, 0.5) is 0 Å². The molecule has 2 aliphatic rings. The lowest BCUT2D eigenvalue weighted by Gasteiger charge is -2.18. The van der Waals surface area contributed by atoms with Crippen LogP contribution in [0.3, 0.4) is 0 Å². The van der Waals surface area contributed by atoms with Gasteiger partial charge in [0, 0.05) is 13.2 Å². The average molecular weight is 260 g/mol. The molecule has 0 spiro atoms. The fourth-order valence-corrected chi connectivity index (χ4v) is 2.39. The fourth-order valence-electron chi connectivity index (χ4n) is 2.39. The van der Waals surface area contributed by atoms with Crippen molar-refractivity contribution >= 4 is 12.4 Å². The van der Waals surface area contributed by atoms with Crippen molar-refractivity contribution in [2.75, 3.05) is 19.7 Å². The zero-order valence-corrected chi connectivity index (χ0v) is 10.5. The molecule has 1 aromatic rings. The summed E-state index contributed by atoms with van der Waals surface area (Å²) >= 11 is 0. The number of ether oxygens (including phenoxy) is 1. The third kappa shape index (κ3) is 2.78. The standard InChI is InChI=1S/C11H17N3O2.ClH/c1-3-8(7-12-5-1)11-13-10(14-16-11)9-4-2-6-15-9;/h8-9,12H,1-7H2;1H. The largest absolute Gasteiger partial charge is 0.370 e. The molecule has 0 amide bonds. The highest BCUT2D eigenvalue weighted by molar-refractivity contribution is 5.85. The monoisotopic (exact) mass is 259 g/mol. The van der Waals surface area contributed by atoms with Gasteiger partial charge in [-0.3, -0.25) is 0 Å². The molecule has 2 saturated heterocycles. The predicted molar refractivity (Wildman–Crippen MR) is 64.3 cm³/mol. The molecule has 3 rings (SSSR count). The van der Waals surface area contributed by atoms with E-state index in [1.54, 1.807) is 0 Å². The third-order valence-corrected chi connectivity index (χ3v) is 3.32. The van der Waals surface area contributed by atoms with Crippen molar-refractivity contribution in [2.24, 2.45) is 0 Å². The molecule has 0 bridgehead atoms. The molecule has 0 radical (unpaired) electrons. The van der Waals surface area contributed by atoms with Crippen molar-refractivity contribution in [3.8, 4) is 0 Å². The molecule has 6 heteroatoms. The van der Waals surface area contributed by atoms with E-state index in [-0.39, 0.29) is 18.5 Å². The summed E-state index contributed by atoms with van der Waals surface area (Å²) in [5.74, 6) is 1.90. The summed E-state index contributed by atoms with van der Waals surface area (Å²) in [6.45, 7) is 2.87. The van der Waals surface area contributed by atoms with Gasteiger partial charge in [-0.1, -0.05) is 5.16 Å². The van der Waals surface area contributed by atoms with Crippen LogP contribution in [0, 0.1) is 0 Å². The number of rotatable bonds is 2. The number of halogens is 1. The maximum absolute atomic E-state index is 5.54. The van der Waals surface area contributed by atoms with Crippen LogP contribution in [-0.2, 0) is 4.74 Å². The summed E-state index contributed by atoms with van der Waals surface area (Å²) in [6.07, 6.45) is 4.50. The van der Waals surface area contributed by atoms with Gasteiger partial charge in [0.15, 0.2) is 0 Å². The molecule has 2 atom stereocenters. The lowest BCUT2D eigenvalue weighted by atomic mass is 10.00. The van der Waals surface area contributed by atoms with Gasteiger partial charge in [0.05, 0.1) is 5.92 Å². The lowest BCUT2D eigenvalue weighted by Crippen LogP contribution is -2.28. The van der Waals surface area contributed by atoms with E-state index in [4.69, 9.17) is 9.26 Å². The van der Waals surface area contributed by atoms with Crippen LogP contribution in [0.15, 0.2) is 4.52 Å². The van der Waals surface area contributed by atoms with Gasteiger partial charge in [0.1, 0.15) is 6.10 Å². The number of nitrogens with one attached hydrogen (secondary N) is 1. The van der Waals surface area contributed by atoms with E-state index >= 15 is 0 Å². The number of hydrogen-bond acceptors (Lipinski definition) is 5. The molecular weight excluding hydrogens is 242 g/mol. The Labute approximate surface area is 107 Å². The van der Waals surface area contributed by atoms with Crippen LogP contribution in [0.25, 0.3) is 0 Å². The Morgan fingerprint density at radius 2 is 2.18 bits per heavy atom. The maximum Gasteiger partial charge on any atom is 0.231 e. The summed E-state index contributed by atoms with van der Waals surface area (Å²) in [7, 11) is 0. The minimum atomic E-state index is 0. The van der Waals surface area contributed by atoms with E-state index < -0.39 is 0 Å². The molecule has 0 saturated carbocycles. The van der Waals surface area contributed by atoms with Crippen molar-refractivity contribution in [3.63, 3.8) is 0 Å². The number of hydrogen-bond donors (Lipinski definition) is 1. The molecule has 5 nitrogen and oxygen atoms in total. The fraction of sp³-hybridized carbons (Fsp3) is 0.818. The lowest BCUT2D eigenvalue weighted by molar-refractivity contribution is 0.103. The van der Waals surface area contributed by atoms with Crippen molar-refractivity contribution < 1.29 is 9.26 Å². The van der Waals surface area contributed by atoms with Crippen LogP contribution in [0.1, 0.15) is 49.4 Å². The first kappa shape index (κ1) is 12.8. The van der Waals surface area contributed by atoms with E-state index in [1.165, 1.54) is 6.42 Å². The summed E-state index contributed by atoms with van der Waals surface area (Å²) < 4.78 is 10.9. The Bertz CT molecular complexity index is 346. The first-order valence-corrected chi connectivity index (χ1v) is 6.09. The Balaban J connectivity index is 0.00000108. The first-order valence-electron chi connectivity index (χ1n) is 6.09. The Morgan fingerprint density at radius 3 is 2.88 bits per heavy atom. The van der Waals surface area contributed by atoms with Gasteiger partial charge in [-0.25, -0.2) is 0 Å². The molecule has 1 N–H and O–H groups in total. The van der Waals surface area contributed by atoms with Gasteiger partial charge < -0.3 is 14.6 Å². The zero-order chi connectivity index (χ0) is 10.8. The smallest absolute Gasteiger partial charge is 0.231 e. The second kappa shape index (κ2) is 5.80. The molecule has 17 heavy (non-hydrogen) atoms. The molecule has 2 unspecified atom stereocenters. The Kier molecular flexibility index (Phi) is 4.36. The zero-order valence-electron chi connectivity index (χ0n) is 9.72. The average Bonchev–Trinajstić information content (AvgIpc) is 3.01. The third-order valence-electron chi connectivity index (χ3n) is 3.32. The highest BCUT2D eigenvalue weighted by atomic mass is 35.5. The summed E-state index contributed by atoms with van der Waals surface area (Å²) in [4.78, 5) is 4.47. The first-order chi connectivity index (χ1) is 7.93. The van der Waals surface area contributed by atoms with Crippen molar-refractivity contribution in [1.29, 1.82) is 0 Å². The van der Waals surface area contributed by atoms with Crippen LogP contribution < -0.4 is 5.32 Å². The topological polar surface area (TPSA) is 60.2 Å². The van der Waals surface area contributed by atoms with E-state index in [1.807, 2.05) is 0 Å². The Hall–Kier alpha value is -0.650. The van der Waals surface area contributed by atoms with Gasteiger partial charge in [-0.2, -0.15) is 4.98 Å². The van der Waals surface area contributed by atoms with Gasteiger partial charge in [-0.05, 0) is 32.2 Å². The number of nitrogens with zero attached hydrogens (tertiary/aromatic N) is 2. The summed E-state index contributed by atoms with van der Waals surface area (Å²) in [6, 6.07) is 0. The predicted octanol–water partition coefficient (Wildman–Crippen LogP) is 1.81. The van der Waals surface area contributed by atoms with Crippen molar-refractivity contribution in [1.82, 2.24) is 15.5 Å². The second-order valence-electron chi connectivity index (χ2n) is 4.54. The number of aromatic nitrogens is 2. The van der Waals surface area contributed by atoms with Gasteiger partial charge in [-0.15, -0.1) is 12.4 Å². The molecule has 96 valence electrons. The maximum atomic E-state index is 5.54. The Morgan fingerprint density at radius 1 is 1.24 bits per heavy atom. The highest BCUT2D eigenvalue weighted by Gasteiger charge is 2.26. The molecule has 2 aliphatic heterocycles. The molecular formula is C11H18ClN3O2. The molecule has 0 aromatic carbocycles. The van der Waals surface area contributed by atoms with Crippen molar-refractivity contribution in [2.45, 2.75) is 37.7 Å². The normalized spacial score (nSPS) is 28.9. The van der Waals surface area contributed by atoms with Gasteiger partial charge >= 0.3 is 0 Å². The SMILES string of the molecule is C1CNCC(c2nc(C3CCCO3)no2)C1.Cl. The van der Waals surface area contributed by atoms with E-state index in [0.717, 1.165) is 50.7 Å². The van der Waals surface area contributed by atoms with Crippen LogP contribution in [0.2, 0.25) is 0 Å². The van der Waals surface area contributed by atoms with Gasteiger partial charge in [0.2, 0.25) is 11.7 Å². The van der Waals surface area contributed by atoms with Gasteiger partial charge in [0.25, 0.3) is 0 Å². The molecule has 3 heterocycles. The minimum Gasteiger partial charge on any atom is -0.370 e. The molecule has 0 aliphatic carbocycles. The van der Waals surface area contributed by atoms with E-state index in [9.17, 15) is 0 Å². The summed E-state index contributed by atoms with van der Waals surface area (Å²) in [5, 5.41) is 7.39. The second-order valence-corrected chi connectivity index (χ2v) is 4.54.